The lowest BCUT2D eigenvalue weighted by molar-refractivity contribution is -0.848. The smallest absolute Gasteiger partial charge is 0.267 e. The van der Waals surface area contributed by atoms with E-state index in [9.17, 15) is 41.3 Å². The number of nitro groups is 1. The fourth-order valence-electron chi connectivity index (χ4n) is 5.26. The Morgan fingerprint density at radius 1 is 1.09 bits per heavy atom. The number of carbonyl (C=O) groups excluding carboxylic acids is 2. The first-order chi connectivity index (χ1) is 15.4. The fourth-order valence-corrected chi connectivity index (χ4v) is 7.22. The number of non-ortho nitro benzene ring substituents is 1. The van der Waals surface area contributed by atoms with Gasteiger partial charge >= 0.3 is 12.2 Å². The quantitative estimate of drug-likeness (QED) is 0.281. The molecule has 14 heteroatoms. The number of imide groups is 1. The van der Waals surface area contributed by atoms with Crippen molar-refractivity contribution in [2.45, 2.75) is 17.6 Å². The molecule has 2 aromatic rings. The molecule has 3 aliphatic heterocycles. The summed E-state index contributed by atoms with van der Waals surface area (Å²) in [5.41, 5.74) is -0.225. The number of rotatable bonds is 4. The van der Waals surface area contributed by atoms with E-state index in [0.29, 0.717) is 0 Å². The summed E-state index contributed by atoms with van der Waals surface area (Å²) in [5, 5.41) is 10.0. The SMILES string of the molecule is O=C1C2CN3CC(S(=O)(=O)CC(F)(F)F)[N+]2(C3)C(=O)N1c1ccc([N+](=O)[O-])c2ccccc12. The molecule has 3 fully saturated rings. The Morgan fingerprint density at radius 3 is 2.39 bits per heavy atom. The lowest BCUT2D eigenvalue weighted by atomic mass is 10.1. The molecule has 10 nitrogen and oxygen atoms in total. The van der Waals surface area contributed by atoms with E-state index in [1.807, 2.05) is 0 Å². The summed E-state index contributed by atoms with van der Waals surface area (Å²) in [6, 6.07) is 6.28. The second-order valence-electron chi connectivity index (χ2n) is 8.36. The number of nitrogens with zero attached hydrogens (tertiary/aromatic N) is 4. The highest BCUT2D eigenvalue weighted by atomic mass is 32.2. The number of amides is 3. The maximum Gasteiger partial charge on any atom is 0.433 e. The Hall–Kier alpha value is -3.10. The summed E-state index contributed by atoms with van der Waals surface area (Å²) in [6.45, 7) is -0.453. The number of hydrogen-bond donors (Lipinski definition) is 0. The zero-order valence-electron chi connectivity index (χ0n) is 16.7. The van der Waals surface area contributed by atoms with Crippen LogP contribution in [0.3, 0.4) is 0 Å². The molecule has 4 atom stereocenters. The van der Waals surface area contributed by atoms with Crippen molar-refractivity contribution in [2.75, 3.05) is 30.4 Å². The minimum atomic E-state index is -4.99. The van der Waals surface area contributed by atoms with Gasteiger partial charge in [0.05, 0.1) is 29.1 Å². The predicted molar refractivity (Wildman–Crippen MR) is 108 cm³/mol. The third kappa shape index (κ3) is 2.97. The van der Waals surface area contributed by atoms with Crippen LogP contribution >= 0.6 is 0 Å². The van der Waals surface area contributed by atoms with Crippen LogP contribution in [0.15, 0.2) is 36.4 Å². The molecule has 3 saturated heterocycles. The maximum absolute atomic E-state index is 13.6. The first kappa shape index (κ1) is 21.7. The Morgan fingerprint density at radius 2 is 1.76 bits per heavy atom. The van der Waals surface area contributed by atoms with E-state index in [1.54, 1.807) is 12.1 Å². The number of urea groups is 1. The van der Waals surface area contributed by atoms with Crippen molar-refractivity contribution in [3.63, 3.8) is 0 Å². The van der Waals surface area contributed by atoms with Crippen LogP contribution in [0.25, 0.3) is 10.8 Å². The highest BCUT2D eigenvalue weighted by Crippen LogP contribution is 2.47. The predicted octanol–water partition coefficient (Wildman–Crippen LogP) is 1.99. The Kier molecular flexibility index (Phi) is 4.42. The van der Waals surface area contributed by atoms with Gasteiger partial charge in [-0.25, -0.2) is 18.1 Å². The zero-order chi connectivity index (χ0) is 23.9. The number of hydrogen-bond acceptors (Lipinski definition) is 7. The molecule has 174 valence electrons. The number of sulfone groups is 1. The average Bonchev–Trinajstić information content (AvgIpc) is 3.35. The van der Waals surface area contributed by atoms with E-state index in [0.717, 1.165) is 11.0 Å². The number of nitro benzene ring substituents is 1. The van der Waals surface area contributed by atoms with Gasteiger partial charge in [0.15, 0.2) is 11.8 Å². The van der Waals surface area contributed by atoms with Gasteiger partial charge in [-0.15, -0.1) is 0 Å². The lowest BCUT2D eigenvalue weighted by Gasteiger charge is -2.33. The van der Waals surface area contributed by atoms with Crippen molar-refractivity contribution < 1.29 is 40.6 Å². The summed E-state index contributed by atoms with van der Waals surface area (Å²) in [4.78, 5) is 40.0. The van der Waals surface area contributed by atoms with E-state index in [2.05, 4.69) is 0 Å². The van der Waals surface area contributed by atoms with Gasteiger partial charge in [0, 0.05) is 11.5 Å². The van der Waals surface area contributed by atoms with Crippen molar-refractivity contribution in [3.05, 3.63) is 46.5 Å². The van der Waals surface area contributed by atoms with Crippen molar-refractivity contribution in [2.24, 2.45) is 0 Å². The third-order valence-electron chi connectivity index (χ3n) is 6.50. The van der Waals surface area contributed by atoms with E-state index in [4.69, 9.17) is 0 Å². The number of fused-ring (bicyclic) bond motifs is 2. The normalized spacial score (nSPS) is 29.2. The first-order valence-electron chi connectivity index (χ1n) is 9.79. The monoisotopic (exact) mass is 485 g/mol. The van der Waals surface area contributed by atoms with Crippen LogP contribution in [0.5, 0.6) is 0 Å². The largest absolute Gasteiger partial charge is 0.433 e. The van der Waals surface area contributed by atoms with Crippen molar-refractivity contribution in [1.29, 1.82) is 0 Å². The van der Waals surface area contributed by atoms with Gasteiger partial charge in [-0.2, -0.15) is 22.6 Å². The molecule has 33 heavy (non-hydrogen) atoms. The van der Waals surface area contributed by atoms with Crippen LogP contribution in [0.1, 0.15) is 0 Å². The van der Waals surface area contributed by atoms with E-state index in [1.165, 1.54) is 23.1 Å². The van der Waals surface area contributed by atoms with Gasteiger partial charge in [-0.05, 0) is 12.1 Å². The van der Waals surface area contributed by atoms with Gasteiger partial charge < -0.3 is 0 Å². The highest BCUT2D eigenvalue weighted by Gasteiger charge is 2.75. The number of anilines is 1. The van der Waals surface area contributed by atoms with Crippen LogP contribution in [0.2, 0.25) is 0 Å². The molecule has 0 saturated carbocycles. The molecule has 3 aliphatic rings. The summed E-state index contributed by atoms with van der Waals surface area (Å²) >= 11 is 0. The second-order valence-corrected chi connectivity index (χ2v) is 10.5. The molecule has 0 aromatic heterocycles. The number of piperazine rings is 1. The molecule has 3 amide bonds. The van der Waals surface area contributed by atoms with Crippen LogP contribution in [0.4, 0.5) is 29.3 Å². The van der Waals surface area contributed by atoms with Gasteiger partial charge in [0.25, 0.3) is 11.6 Å². The fraction of sp³-hybridized carbons (Fsp3) is 0.368. The van der Waals surface area contributed by atoms with Gasteiger partial charge in [0.2, 0.25) is 15.2 Å². The number of carbonyl (C=O) groups is 2. The third-order valence-corrected chi connectivity index (χ3v) is 8.58. The molecule has 2 bridgehead atoms. The summed E-state index contributed by atoms with van der Waals surface area (Å²) < 4.78 is 63.3. The molecule has 0 radical (unpaired) electrons. The van der Waals surface area contributed by atoms with Gasteiger partial charge in [-0.3, -0.25) is 14.9 Å². The minimum absolute atomic E-state index is 0.0264. The van der Waals surface area contributed by atoms with Gasteiger partial charge in [0.1, 0.15) is 6.67 Å². The van der Waals surface area contributed by atoms with E-state index in [-0.39, 0.29) is 41.9 Å². The maximum atomic E-state index is 13.6. The topological polar surface area (TPSA) is 118 Å². The molecule has 5 rings (SSSR count). The molecule has 2 aromatic carbocycles. The van der Waals surface area contributed by atoms with Crippen molar-refractivity contribution in [1.82, 2.24) is 4.90 Å². The number of alkyl halides is 3. The first-order valence-corrected chi connectivity index (χ1v) is 11.5. The molecule has 3 heterocycles. The van der Waals surface area contributed by atoms with Crippen molar-refractivity contribution >= 4 is 43.9 Å². The number of halogens is 3. The molecular formula is C19H16F3N4O6S+. The summed E-state index contributed by atoms with van der Waals surface area (Å²) in [5.74, 6) is -2.83. The summed E-state index contributed by atoms with van der Waals surface area (Å²) in [7, 11) is -4.82. The van der Waals surface area contributed by atoms with Crippen LogP contribution in [0, 0.1) is 10.1 Å². The second kappa shape index (κ2) is 6.71. The highest BCUT2D eigenvalue weighted by molar-refractivity contribution is 7.91. The summed E-state index contributed by atoms with van der Waals surface area (Å²) in [6.07, 6.45) is -4.99. The Bertz CT molecular complexity index is 1350. The Labute approximate surface area is 184 Å². The van der Waals surface area contributed by atoms with Crippen LogP contribution in [-0.4, -0.2) is 77.8 Å². The van der Waals surface area contributed by atoms with Crippen molar-refractivity contribution in [3.8, 4) is 0 Å². The van der Waals surface area contributed by atoms with Crippen LogP contribution < -0.4 is 4.90 Å². The lowest BCUT2D eigenvalue weighted by Crippen LogP contribution is -2.63. The van der Waals surface area contributed by atoms with E-state index >= 15 is 0 Å². The van der Waals surface area contributed by atoms with E-state index < -0.39 is 54.5 Å². The molecule has 1 spiro atoms. The number of quaternary nitrogens is 1. The zero-order valence-corrected chi connectivity index (χ0v) is 17.5. The minimum Gasteiger partial charge on any atom is -0.267 e. The molecule has 0 aliphatic carbocycles. The van der Waals surface area contributed by atoms with Gasteiger partial charge in [-0.1, -0.05) is 18.2 Å². The molecular weight excluding hydrogens is 469 g/mol. The average molecular weight is 485 g/mol. The number of benzene rings is 2. The molecule has 4 unspecified atom stereocenters. The van der Waals surface area contributed by atoms with Crippen LogP contribution in [-0.2, 0) is 14.6 Å². The molecule has 0 N–H and O–H groups in total. The standard InChI is InChI=1S/C19H16F3N4O6S/c20-19(21,22)9-33(31,32)16-8-23-7-15-17(27)24(18(28)26(15,16)10-23)13-5-6-14(25(29)30)12-4-2-1-3-11(12)13/h1-6,15-16H,7-10H2/q+1. The Balaban J connectivity index is 1.64.